The number of nitrogens with zero attached hydrogens (tertiary/aromatic N) is 2. The average molecular weight is 420 g/mol. The van der Waals surface area contributed by atoms with E-state index in [4.69, 9.17) is 22.7 Å². The molecule has 0 aliphatic rings. The molecular weight excluding hydrogens is 390 g/mol. The first kappa shape index (κ1) is 22.5. The summed E-state index contributed by atoms with van der Waals surface area (Å²) in [6.45, 7) is 6.93. The number of ether oxygens (including phenoxy) is 1. The van der Waals surface area contributed by atoms with Crippen LogP contribution in [0, 0.1) is 5.92 Å². The van der Waals surface area contributed by atoms with Gasteiger partial charge in [-0.3, -0.25) is 14.3 Å². The van der Waals surface area contributed by atoms with Crippen LogP contribution in [0.2, 0.25) is 0 Å². The molecule has 0 amide bonds. The van der Waals surface area contributed by atoms with Gasteiger partial charge in [-0.1, -0.05) is 33.3 Å². The molecule has 0 aliphatic carbocycles. The highest BCUT2D eigenvalue weighted by molar-refractivity contribution is 7.80. The Morgan fingerprint density at radius 2 is 2.10 bits per heavy atom. The van der Waals surface area contributed by atoms with Crippen LogP contribution in [0.5, 0.6) is 5.75 Å². The number of aromatic amines is 1. The molecule has 9 heteroatoms. The first-order valence-electron chi connectivity index (χ1n) is 9.63. The molecule has 4 N–H and O–H groups in total. The molecule has 0 radical (unpaired) electrons. The van der Waals surface area contributed by atoms with Crippen molar-refractivity contribution in [3.05, 3.63) is 45.1 Å². The molecule has 1 heterocycles. The van der Waals surface area contributed by atoms with Gasteiger partial charge in [0.05, 0.1) is 7.11 Å². The second-order valence-corrected chi connectivity index (χ2v) is 7.55. The minimum atomic E-state index is -0.560. The Bertz CT molecular complexity index is 967. The highest BCUT2D eigenvalue weighted by Crippen LogP contribution is 2.22. The van der Waals surface area contributed by atoms with Crippen LogP contribution in [0.3, 0.4) is 0 Å². The third-order valence-electron chi connectivity index (χ3n) is 4.33. The van der Waals surface area contributed by atoms with Gasteiger partial charge >= 0.3 is 5.69 Å². The second kappa shape index (κ2) is 10.1. The van der Waals surface area contributed by atoms with Crippen LogP contribution in [-0.4, -0.2) is 28.3 Å². The lowest BCUT2D eigenvalue weighted by Gasteiger charge is -2.28. The first-order valence-corrected chi connectivity index (χ1v) is 10.0. The number of nitrogens with one attached hydrogen (secondary N) is 2. The summed E-state index contributed by atoms with van der Waals surface area (Å²) < 4.78 is 6.63. The molecule has 0 atom stereocenters. The average Bonchev–Trinajstić information content (AvgIpc) is 2.66. The van der Waals surface area contributed by atoms with Gasteiger partial charge in [0.15, 0.2) is 10.8 Å². The summed E-state index contributed by atoms with van der Waals surface area (Å²) >= 11 is 5.60. The van der Waals surface area contributed by atoms with Crippen LogP contribution in [0.4, 0.5) is 17.2 Å². The van der Waals surface area contributed by atoms with E-state index in [2.05, 4.69) is 10.3 Å². The smallest absolute Gasteiger partial charge is 0.330 e. The number of rotatable bonds is 8. The molecule has 0 spiro atoms. The van der Waals surface area contributed by atoms with Gasteiger partial charge in [0.25, 0.3) is 5.56 Å². The predicted octanol–water partition coefficient (Wildman–Crippen LogP) is 2.79. The summed E-state index contributed by atoms with van der Waals surface area (Å²) in [6.07, 6.45) is 1.66. The Hall–Kier alpha value is -2.81. The third kappa shape index (κ3) is 5.60. The van der Waals surface area contributed by atoms with Crippen molar-refractivity contribution in [3.63, 3.8) is 0 Å². The summed E-state index contributed by atoms with van der Waals surface area (Å²) in [4.78, 5) is 28.9. The van der Waals surface area contributed by atoms with Gasteiger partial charge in [0.1, 0.15) is 11.6 Å². The molecule has 0 saturated carbocycles. The third-order valence-corrected chi connectivity index (χ3v) is 4.66. The second-order valence-electron chi connectivity index (χ2n) is 7.16. The number of nitrogen functional groups attached to an aromatic ring is 1. The molecule has 2 aromatic rings. The number of benzene rings is 1. The van der Waals surface area contributed by atoms with Gasteiger partial charge in [-0.2, -0.15) is 0 Å². The maximum atomic E-state index is 12.7. The van der Waals surface area contributed by atoms with Gasteiger partial charge < -0.3 is 20.7 Å². The standard InChI is InChI=1S/C20H29N5O3S/c1-5-6-10-24-17(21)16(18(26)23-19(24)27)25(12-13(2)3)20(29)22-14-8-7-9-15(11-14)28-4/h7-9,11,13H,5-6,10,12,21H2,1-4H3,(H,22,29)(H,23,26,27). The van der Waals surface area contributed by atoms with E-state index >= 15 is 0 Å². The zero-order valence-electron chi connectivity index (χ0n) is 17.3. The van der Waals surface area contributed by atoms with Crippen molar-refractivity contribution in [2.24, 2.45) is 5.92 Å². The van der Waals surface area contributed by atoms with Crippen molar-refractivity contribution < 1.29 is 4.74 Å². The Kier molecular flexibility index (Phi) is 7.83. The van der Waals surface area contributed by atoms with Gasteiger partial charge in [-0.05, 0) is 36.7 Å². The number of H-pyrrole nitrogens is 1. The number of hydrogen-bond acceptors (Lipinski definition) is 5. The molecule has 8 nitrogen and oxygen atoms in total. The van der Waals surface area contributed by atoms with E-state index in [1.807, 2.05) is 39.0 Å². The topological polar surface area (TPSA) is 105 Å². The van der Waals surface area contributed by atoms with E-state index in [1.54, 1.807) is 18.1 Å². The van der Waals surface area contributed by atoms with E-state index < -0.39 is 11.2 Å². The van der Waals surface area contributed by atoms with E-state index in [1.165, 1.54) is 4.57 Å². The fourth-order valence-electron chi connectivity index (χ4n) is 2.91. The van der Waals surface area contributed by atoms with Crippen LogP contribution in [-0.2, 0) is 6.54 Å². The van der Waals surface area contributed by atoms with Gasteiger partial charge in [-0.15, -0.1) is 0 Å². The van der Waals surface area contributed by atoms with E-state index in [9.17, 15) is 9.59 Å². The molecule has 0 bridgehead atoms. The summed E-state index contributed by atoms with van der Waals surface area (Å²) in [7, 11) is 1.59. The molecule has 0 aliphatic heterocycles. The lowest BCUT2D eigenvalue weighted by molar-refractivity contribution is 0.415. The number of hydrogen-bond donors (Lipinski definition) is 3. The summed E-state index contributed by atoms with van der Waals surface area (Å²) in [5.74, 6) is 0.983. The Balaban J connectivity index is 2.47. The van der Waals surface area contributed by atoms with Crippen molar-refractivity contribution >= 4 is 34.5 Å². The number of nitrogens with two attached hydrogens (primary N) is 1. The zero-order valence-corrected chi connectivity index (χ0v) is 18.1. The van der Waals surface area contributed by atoms with Gasteiger partial charge in [0, 0.05) is 24.8 Å². The Labute approximate surface area is 175 Å². The zero-order chi connectivity index (χ0) is 21.6. The Morgan fingerprint density at radius 3 is 2.72 bits per heavy atom. The normalized spacial score (nSPS) is 10.8. The number of unbranched alkanes of at least 4 members (excludes halogenated alkanes) is 1. The summed E-state index contributed by atoms with van der Waals surface area (Å²) in [5, 5.41) is 3.44. The predicted molar refractivity (Wildman–Crippen MR) is 122 cm³/mol. The fourth-order valence-corrected chi connectivity index (χ4v) is 3.19. The number of anilines is 3. The van der Waals surface area contributed by atoms with Crippen molar-refractivity contribution in [1.29, 1.82) is 0 Å². The molecular formula is C20H29N5O3S. The largest absolute Gasteiger partial charge is 0.497 e. The lowest BCUT2D eigenvalue weighted by Crippen LogP contribution is -2.44. The minimum Gasteiger partial charge on any atom is -0.497 e. The lowest BCUT2D eigenvalue weighted by atomic mass is 10.2. The van der Waals surface area contributed by atoms with Crippen LogP contribution >= 0.6 is 12.2 Å². The van der Waals surface area contributed by atoms with Crippen molar-refractivity contribution in [2.45, 2.75) is 40.2 Å². The summed E-state index contributed by atoms with van der Waals surface area (Å²) in [5.41, 5.74) is 6.10. The molecule has 1 aromatic heterocycles. The van der Waals surface area contributed by atoms with E-state index in [-0.39, 0.29) is 17.4 Å². The van der Waals surface area contributed by atoms with Crippen molar-refractivity contribution in [3.8, 4) is 5.75 Å². The maximum absolute atomic E-state index is 12.7. The minimum absolute atomic E-state index is 0.114. The quantitative estimate of drug-likeness (QED) is 0.565. The van der Waals surface area contributed by atoms with E-state index in [0.29, 0.717) is 24.0 Å². The molecule has 158 valence electrons. The monoisotopic (exact) mass is 419 g/mol. The highest BCUT2D eigenvalue weighted by atomic mass is 32.1. The van der Waals surface area contributed by atoms with Crippen LogP contribution in [0.1, 0.15) is 33.6 Å². The molecule has 1 aromatic carbocycles. The fraction of sp³-hybridized carbons (Fsp3) is 0.450. The highest BCUT2D eigenvalue weighted by Gasteiger charge is 2.23. The molecule has 0 saturated heterocycles. The van der Waals surface area contributed by atoms with Gasteiger partial charge in [-0.25, -0.2) is 4.79 Å². The molecule has 29 heavy (non-hydrogen) atoms. The van der Waals surface area contributed by atoms with Crippen LogP contribution < -0.4 is 31.9 Å². The van der Waals surface area contributed by atoms with Gasteiger partial charge in [0.2, 0.25) is 0 Å². The molecule has 0 unspecified atom stereocenters. The van der Waals surface area contributed by atoms with E-state index in [0.717, 1.165) is 18.5 Å². The maximum Gasteiger partial charge on any atom is 0.330 e. The van der Waals surface area contributed by atoms with Crippen molar-refractivity contribution in [1.82, 2.24) is 9.55 Å². The van der Waals surface area contributed by atoms with Crippen molar-refractivity contribution in [2.75, 3.05) is 29.6 Å². The van der Waals surface area contributed by atoms with Crippen LogP contribution in [0.25, 0.3) is 0 Å². The molecule has 2 rings (SSSR count). The van der Waals surface area contributed by atoms with Crippen LogP contribution in [0.15, 0.2) is 33.9 Å². The first-order chi connectivity index (χ1) is 13.8. The Morgan fingerprint density at radius 1 is 1.38 bits per heavy atom. The number of aromatic nitrogens is 2. The number of methoxy groups -OCH3 is 1. The SMILES string of the molecule is CCCCn1c(N)c(N(CC(C)C)C(=S)Nc2cccc(OC)c2)c(=O)[nH]c1=O. The number of thiocarbonyl (C=S) groups is 1. The summed E-state index contributed by atoms with van der Waals surface area (Å²) in [6, 6.07) is 7.31. The molecule has 0 fully saturated rings.